The van der Waals surface area contributed by atoms with Crippen molar-refractivity contribution in [1.29, 1.82) is 0 Å². The number of aromatic nitrogens is 1. The Hall–Kier alpha value is -1.36. The lowest BCUT2D eigenvalue weighted by Gasteiger charge is -2.32. The van der Waals surface area contributed by atoms with E-state index in [0.717, 1.165) is 5.69 Å². The quantitative estimate of drug-likeness (QED) is 0.815. The summed E-state index contributed by atoms with van der Waals surface area (Å²) in [5.41, 5.74) is 5.61. The highest BCUT2D eigenvalue weighted by molar-refractivity contribution is 5.80. The van der Waals surface area contributed by atoms with Gasteiger partial charge < -0.3 is 15.3 Å². The van der Waals surface area contributed by atoms with Crippen LogP contribution in [0.5, 0.6) is 0 Å². The van der Waals surface area contributed by atoms with Crippen molar-refractivity contribution < 1.29 is 14.3 Å². The fourth-order valence-electron chi connectivity index (χ4n) is 2.33. The molecule has 0 atom stereocenters. The van der Waals surface area contributed by atoms with E-state index < -0.39 is 11.4 Å². The monoisotopic (exact) mass is 238 g/mol. The first-order valence-electron chi connectivity index (χ1n) is 5.89. The Balaban J connectivity index is 2.38. The van der Waals surface area contributed by atoms with Crippen LogP contribution in [0.4, 0.5) is 0 Å². The van der Waals surface area contributed by atoms with Gasteiger partial charge in [-0.05, 0) is 39.5 Å². The third-order valence-corrected chi connectivity index (χ3v) is 3.73. The summed E-state index contributed by atoms with van der Waals surface area (Å²) in [5, 5.41) is 9.49. The van der Waals surface area contributed by atoms with Crippen LogP contribution in [-0.4, -0.2) is 22.1 Å². The van der Waals surface area contributed by atoms with Crippen LogP contribution in [-0.2, 0) is 10.2 Å². The SMILES string of the molecule is Cc1nc(C2(C(=O)O)CCC(N)CC2)oc1C. The summed E-state index contributed by atoms with van der Waals surface area (Å²) in [4.78, 5) is 15.8. The van der Waals surface area contributed by atoms with Gasteiger partial charge in [-0.2, -0.15) is 0 Å². The van der Waals surface area contributed by atoms with Gasteiger partial charge in [0.1, 0.15) is 11.2 Å². The lowest BCUT2D eigenvalue weighted by atomic mass is 9.72. The molecule has 1 saturated carbocycles. The molecule has 0 spiro atoms. The zero-order valence-electron chi connectivity index (χ0n) is 10.2. The number of aryl methyl sites for hydroxylation is 2. The Labute approximate surface area is 100 Å². The van der Waals surface area contributed by atoms with Gasteiger partial charge in [0.2, 0.25) is 5.89 Å². The third-order valence-electron chi connectivity index (χ3n) is 3.73. The molecule has 0 radical (unpaired) electrons. The maximum atomic E-state index is 11.6. The molecule has 0 unspecified atom stereocenters. The van der Waals surface area contributed by atoms with Crippen LogP contribution in [0, 0.1) is 13.8 Å². The molecule has 3 N–H and O–H groups in total. The van der Waals surface area contributed by atoms with Crippen LogP contribution in [0.3, 0.4) is 0 Å². The summed E-state index contributed by atoms with van der Waals surface area (Å²) < 4.78 is 5.52. The molecular weight excluding hydrogens is 220 g/mol. The Morgan fingerprint density at radius 1 is 1.47 bits per heavy atom. The van der Waals surface area contributed by atoms with Crippen LogP contribution >= 0.6 is 0 Å². The Morgan fingerprint density at radius 2 is 2.06 bits per heavy atom. The van der Waals surface area contributed by atoms with E-state index in [1.165, 1.54) is 0 Å². The zero-order valence-corrected chi connectivity index (χ0v) is 10.2. The maximum Gasteiger partial charge on any atom is 0.319 e. The molecule has 5 nitrogen and oxygen atoms in total. The first kappa shape index (κ1) is 12.1. The minimum Gasteiger partial charge on any atom is -0.480 e. The van der Waals surface area contributed by atoms with E-state index in [9.17, 15) is 9.90 Å². The molecule has 94 valence electrons. The molecule has 1 fully saturated rings. The lowest BCUT2D eigenvalue weighted by Crippen LogP contribution is -2.43. The van der Waals surface area contributed by atoms with E-state index >= 15 is 0 Å². The normalized spacial score (nSPS) is 29.2. The number of oxazole rings is 1. The maximum absolute atomic E-state index is 11.6. The summed E-state index contributed by atoms with van der Waals surface area (Å²) >= 11 is 0. The van der Waals surface area contributed by atoms with Gasteiger partial charge in [0.15, 0.2) is 0 Å². The number of hydrogen-bond acceptors (Lipinski definition) is 4. The van der Waals surface area contributed by atoms with E-state index in [1.807, 2.05) is 6.92 Å². The van der Waals surface area contributed by atoms with Crippen LogP contribution in [0.25, 0.3) is 0 Å². The van der Waals surface area contributed by atoms with Crippen molar-refractivity contribution in [3.63, 3.8) is 0 Å². The number of nitrogens with zero attached hydrogens (tertiary/aromatic N) is 1. The van der Waals surface area contributed by atoms with Gasteiger partial charge in [-0.15, -0.1) is 0 Å². The molecule has 0 aromatic carbocycles. The fraction of sp³-hybridized carbons (Fsp3) is 0.667. The predicted octanol–water partition coefficient (Wildman–Crippen LogP) is 1.52. The number of aliphatic carboxylic acids is 1. The average Bonchev–Trinajstić information content (AvgIpc) is 2.60. The molecule has 1 aliphatic carbocycles. The fourth-order valence-corrected chi connectivity index (χ4v) is 2.33. The number of carboxylic acids is 1. The van der Waals surface area contributed by atoms with Gasteiger partial charge in [-0.25, -0.2) is 4.98 Å². The van der Waals surface area contributed by atoms with E-state index in [-0.39, 0.29) is 6.04 Å². The highest BCUT2D eigenvalue weighted by Gasteiger charge is 2.47. The van der Waals surface area contributed by atoms with Crippen molar-refractivity contribution >= 4 is 5.97 Å². The Kier molecular flexibility index (Phi) is 2.95. The van der Waals surface area contributed by atoms with Gasteiger partial charge in [0.25, 0.3) is 0 Å². The second kappa shape index (κ2) is 4.14. The molecule has 1 heterocycles. The molecule has 17 heavy (non-hydrogen) atoms. The molecule has 5 heteroatoms. The number of rotatable bonds is 2. The highest BCUT2D eigenvalue weighted by atomic mass is 16.4. The molecule has 0 amide bonds. The molecule has 1 aliphatic rings. The molecule has 0 saturated heterocycles. The van der Waals surface area contributed by atoms with E-state index in [1.54, 1.807) is 6.92 Å². The molecule has 1 aromatic rings. The van der Waals surface area contributed by atoms with Gasteiger partial charge in [-0.1, -0.05) is 0 Å². The standard InChI is InChI=1S/C12H18N2O3/c1-7-8(2)17-10(14-7)12(11(15)16)5-3-9(13)4-6-12/h9H,3-6,13H2,1-2H3,(H,15,16). The molecule has 2 rings (SSSR count). The van der Waals surface area contributed by atoms with Crippen LogP contribution in [0.1, 0.15) is 43.0 Å². The molecule has 0 bridgehead atoms. The summed E-state index contributed by atoms with van der Waals surface area (Å²) in [7, 11) is 0. The van der Waals surface area contributed by atoms with Crippen molar-refractivity contribution in [2.75, 3.05) is 0 Å². The average molecular weight is 238 g/mol. The van der Waals surface area contributed by atoms with Crippen molar-refractivity contribution in [2.45, 2.75) is 51.0 Å². The van der Waals surface area contributed by atoms with Crippen LogP contribution < -0.4 is 5.73 Å². The van der Waals surface area contributed by atoms with E-state index in [0.29, 0.717) is 37.3 Å². The smallest absolute Gasteiger partial charge is 0.319 e. The minimum absolute atomic E-state index is 0.0969. The van der Waals surface area contributed by atoms with E-state index in [2.05, 4.69) is 4.98 Å². The lowest BCUT2D eigenvalue weighted by molar-refractivity contribution is -0.146. The number of nitrogens with two attached hydrogens (primary N) is 1. The van der Waals surface area contributed by atoms with Crippen molar-refractivity contribution in [1.82, 2.24) is 4.98 Å². The summed E-state index contributed by atoms with van der Waals surface area (Å²) in [6.07, 6.45) is 2.41. The summed E-state index contributed by atoms with van der Waals surface area (Å²) in [5.74, 6) is 0.174. The molecular formula is C12H18N2O3. The van der Waals surface area contributed by atoms with Gasteiger partial charge in [-0.3, -0.25) is 4.79 Å². The third kappa shape index (κ3) is 1.95. The number of hydrogen-bond donors (Lipinski definition) is 2. The summed E-state index contributed by atoms with van der Waals surface area (Å²) in [6.45, 7) is 3.63. The second-order valence-electron chi connectivity index (χ2n) is 4.89. The van der Waals surface area contributed by atoms with Gasteiger partial charge in [0.05, 0.1) is 5.69 Å². The van der Waals surface area contributed by atoms with Crippen LogP contribution in [0.2, 0.25) is 0 Å². The number of carbonyl (C=O) groups is 1. The highest BCUT2D eigenvalue weighted by Crippen LogP contribution is 2.39. The Bertz CT molecular complexity index is 411. The minimum atomic E-state index is -0.977. The van der Waals surface area contributed by atoms with Crippen molar-refractivity contribution in [3.05, 3.63) is 17.3 Å². The Morgan fingerprint density at radius 3 is 2.47 bits per heavy atom. The predicted molar refractivity (Wildman–Crippen MR) is 61.7 cm³/mol. The van der Waals surface area contributed by atoms with Crippen molar-refractivity contribution in [3.8, 4) is 0 Å². The summed E-state index contributed by atoms with van der Waals surface area (Å²) in [6, 6.07) is 0.0969. The van der Waals surface area contributed by atoms with Crippen LogP contribution in [0.15, 0.2) is 4.42 Å². The first-order chi connectivity index (χ1) is 7.95. The molecule has 1 aromatic heterocycles. The molecule has 0 aliphatic heterocycles. The largest absolute Gasteiger partial charge is 0.480 e. The van der Waals surface area contributed by atoms with Gasteiger partial charge in [0, 0.05) is 6.04 Å². The zero-order chi connectivity index (χ0) is 12.6. The van der Waals surface area contributed by atoms with Crippen molar-refractivity contribution in [2.24, 2.45) is 5.73 Å². The topological polar surface area (TPSA) is 89.3 Å². The number of carboxylic acid groups (broad SMARTS) is 1. The second-order valence-corrected chi connectivity index (χ2v) is 4.89. The first-order valence-corrected chi connectivity index (χ1v) is 5.89. The van der Waals surface area contributed by atoms with Gasteiger partial charge >= 0.3 is 5.97 Å². The van der Waals surface area contributed by atoms with E-state index in [4.69, 9.17) is 10.2 Å².